The molecule has 1 aliphatic heterocycles. The lowest BCUT2D eigenvalue weighted by molar-refractivity contribution is -0.00113. The van der Waals surface area contributed by atoms with Crippen molar-refractivity contribution in [3.8, 4) is 23.0 Å². The van der Waals surface area contributed by atoms with Gasteiger partial charge in [0.2, 0.25) is 5.82 Å². The van der Waals surface area contributed by atoms with Crippen LogP contribution in [-0.2, 0) is 17.9 Å². The van der Waals surface area contributed by atoms with E-state index in [4.69, 9.17) is 14.4 Å². The van der Waals surface area contributed by atoms with E-state index in [2.05, 4.69) is 67.3 Å². The molecule has 0 radical (unpaired) electrons. The van der Waals surface area contributed by atoms with Crippen LogP contribution in [0, 0.1) is 20.8 Å². The topological polar surface area (TPSA) is 66.0 Å². The summed E-state index contributed by atoms with van der Waals surface area (Å²) in [6, 6.07) is 16.6. The molecule has 2 aromatic carbocycles. The summed E-state index contributed by atoms with van der Waals surface area (Å²) < 4.78 is 13.5. The van der Waals surface area contributed by atoms with E-state index < -0.39 is 0 Å². The first-order valence-corrected chi connectivity index (χ1v) is 9.73. The number of nitrogens with zero attached hydrogens (tertiary/aromatic N) is 4. The van der Waals surface area contributed by atoms with Gasteiger partial charge in [0.15, 0.2) is 5.69 Å². The molecule has 0 saturated carbocycles. The quantitative estimate of drug-likeness (QED) is 0.506. The Morgan fingerprint density at radius 2 is 1.79 bits per heavy atom. The van der Waals surface area contributed by atoms with Gasteiger partial charge in [0.25, 0.3) is 5.89 Å². The zero-order chi connectivity index (χ0) is 20.0. The lowest BCUT2D eigenvalue weighted by Gasteiger charge is -2.24. The predicted octanol–water partition coefficient (Wildman–Crippen LogP) is 4.80. The molecule has 0 amide bonds. The first-order valence-electron chi connectivity index (χ1n) is 9.73. The Balaban J connectivity index is 1.40. The van der Waals surface area contributed by atoms with Crippen LogP contribution in [0.2, 0.25) is 0 Å². The Kier molecular flexibility index (Phi) is 4.28. The largest absolute Gasteiger partial charge is 0.365 e. The zero-order valence-electron chi connectivity index (χ0n) is 16.7. The molecule has 0 bridgehead atoms. The summed E-state index contributed by atoms with van der Waals surface area (Å²) in [5, 5.41) is 8.84. The molecule has 0 saturated heterocycles. The maximum absolute atomic E-state index is 6.05. The van der Waals surface area contributed by atoms with Crippen molar-refractivity contribution in [3.05, 3.63) is 76.5 Å². The van der Waals surface area contributed by atoms with Crippen molar-refractivity contribution < 1.29 is 9.26 Å². The molecule has 146 valence electrons. The summed E-state index contributed by atoms with van der Waals surface area (Å²) in [5.41, 5.74) is 7.46. The van der Waals surface area contributed by atoms with Crippen molar-refractivity contribution in [2.45, 2.75) is 40.0 Å². The van der Waals surface area contributed by atoms with Gasteiger partial charge in [0.05, 0.1) is 18.8 Å². The number of fused-ring (bicyclic) bond motifs is 1. The highest BCUT2D eigenvalue weighted by Crippen LogP contribution is 2.29. The highest BCUT2D eigenvalue weighted by Gasteiger charge is 2.24. The Morgan fingerprint density at radius 1 is 0.966 bits per heavy atom. The summed E-state index contributed by atoms with van der Waals surface area (Å²) in [7, 11) is 0. The van der Waals surface area contributed by atoms with Crippen LogP contribution in [0.25, 0.3) is 23.0 Å². The van der Waals surface area contributed by atoms with Gasteiger partial charge in [-0.25, -0.2) is 0 Å². The zero-order valence-corrected chi connectivity index (χ0v) is 16.7. The number of hydrogen-bond donors (Lipinski definition) is 0. The SMILES string of the molecule is Cc1ccc([C@@H]2Cn3nc(-c4nc(-c5ccc(C)c(C)c5)no4)cc3CO2)cc1. The monoisotopic (exact) mass is 386 g/mol. The summed E-state index contributed by atoms with van der Waals surface area (Å²) >= 11 is 0. The van der Waals surface area contributed by atoms with Gasteiger partial charge < -0.3 is 9.26 Å². The average molecular weight is 386 g/mol. The van der Waals surface area contributed by atoms with Crippen molar-refractivity contribution in [2.75, 3.05) is 0 Å². The fraction of sp³-hybridized carbons (Fsp3) is 0.261. The Morgan fingerprint density at radius 3 is 2.59 bits per heavy atom. The van der Waals surface area contributed by atoms with Crippen LogP contribution in [0.1, 0.15) is 34.1 Å². The van der Waals surface area contributed by atoms with E-state index in [1.54, 1.807) is 0 Å². The number of ether oxygens (including phenoxy) is 1. The van der Waals surface area contributed by atoms with Crippen LogP contribution >= 0.6 is 0 Å². The molecule has 3 heterocycles. The van der Waals surface area contributed by atoms with E-state index in [1.165, 1.54) is 16.7 Å². The molecule has 0 fully saturated rings. The molecule has 4 aromatic rings. The van der Waals surface area contributed by atoms with Crippen LogP contribution in [-0.4, -0.2) is 19.9 Å². The van der Waals surface area contributed by atoms with Gasteiger partial charge in [0, 0.05) is 5.56 Å². The molecule has 6 heteroatoms. The van der Waals surface area contributed by atoms with E-state index in [-0.39, 0.29) is 6.10 Å². The van der Waals surface area contributed by atoms with Crippen molar-refractivity contribution in [2.24, 2.45) is 0 Å². The fourth-order valence-corrected chi connectivity index (χ4v) is 3.54. The van der Waals surface area contributed by atoms with Gasteiger partial charge in [-0.15, -0.1) is 0 Å². The maximum Gasteiger partial charge on any atom is 0.278 e. The molecule has 0 N–H and O–H groups in total. The first kappa shape index (κ1) is 17.8. The molecular weight excluding hydrogens is 364 g/mol. The lowest BCUT2D eigenvalue weighted by atomic mass is 10.1. The van der Waals surface area contributed by atoms with Gasteiger partial charge in [-0.3, -0.25) is 4.68 Å². The molecule has 1 atom stereocenters. The van der Waals surface area contributed by atoms with Crippen LogP contribution in [0.4, 0.5) is 0 Å². The minimum absolute atomic E-state index is 0.00960. The fourth-order valence-electron chi connectivity index (χ4n) is 3.54. The van der Waals surface area contributed by atoms with Crippen molar-refractivity contribution >= 4 is 0 Å². The Hall–Kier alpha value is -3.25. The van der Waals surface area contributed by atoms with E-state index in [0.29, 0.717) is 30.6 Å². The second-order valence-electron chi connectivity index (χ2n) is 7.64. The van der Waals surface area contributed by atoms with E-state index >= 15 is 0 Å². The Labute approximate surface area is 169 Å². The normalized spacial score (nSPS) is 16.0. The summed E-state index contributed by atoms with van der Waals surface area (Å²) in [5.74, 6) is 0.995. The third-order valence-corrected chi connectivity index (χ3v) is 5.49. The van der Waals surface area contributed by atoms with Crippen LogP contribution < -0.4 is 0 Å². The standard InChI is InChI=1S/C23H22N4O2/c1-14-4-7-17(8-5-14)21-12-27-19(13-28-21)11-20(25-27)23-24-22(26-29-23)18-9-6-15(2)16(3)10-18/h4-11,21H,12-13H2,1-3H3/t21-/m0/s1. The summed E-state index contributed by atoms with van der Waals surface area (Å²) in [6.45, 7) is 7.41. The van der Waals surface area contributed by atoms with Crippen LogP contribution in [0.5, 0.6) is 0 Å². The predicted molar refractivity (Wildman–Crippen MR) is 109 cm³/mol. The van der Waals surface area contributed by atoms with E-state index in [0.717, 1.165) is 16.8 Å². The molecule has 0 spiro atoms. The average Bonchev–Trinajstić information content (AvgIpc) is 3.37. The lowest BCUT2D eigenvalue weighted by Crippen LogP contribution is -2.21. The van der Waals surface area contributed by atoms with Gasteiger partial charge in [-0.2, -0.15) is 10.1 Å². The first-order chi connectivity index (χ1) is 14.1. The van der Waals surface area contributed by atoms with Crippen molar-refractivity contribution in [1.82, 2.24) is 19.9 Å². The molecule has 6 nitrogen and oxygen atoms in total. The third-order valence-electron chi connectivity index (χ3n) is 5.49. The molecular formula is C23H22N4O2. The molecule has 2 aromatic heterocycles. The maximum atomic E-state index is 6.05. The number of aromatic nitrogens is 4. The number of aryl methyl sites for hydroxylation is 3. The molecule has 5 rings (SSSR count). The molecule has 29 heavy (non-hydrogen) atoms. The third kappa shape index (κ3) is 3.36. The second-order valence-corrected chi connectivity index (χ2v) is 7.64. The van der Waals surface area contributed by atoms with Gasteiger partial charge in [-0.05, 0) is 49.6 Å². The van der Waals surface area contributed by atoms with Crippen molar-refractivity contribution in [3.63, 3.8) is 0 Å². The number of hydrogen-bond acceptors (Lipinski definition) is 5. The summed E-state index contributed by atoms with van der Waals surface area (Å²) in [4.78, 5) is 4.56. The smallest absolute Gasteiger partial charge is 0.278 e. The van der Waals surface area contributed by atoms with Gasteiger partial charge in [-0.1, -0.05) is 47.1 Å². The summed E-state index contributed by atoms with van der Waals surface area (Å²) in [6.07, 6.45) is -0.00960. The van der Waals surface area contributed by atoms with E-state index in [9.17, 15) is 0 Å². The highest BCUT2D eigenvalue weighted by molar-refractivity contribution is 5.59. The van der Waals surface area contributed by atoms with Gasteiger partial charge in [0.1, 0.15) is 6.10 Å². The number of benzene rings is 2. The van der Waals surface area contributed by atoms with Crippen LogP contribution in [0.15, 0.2) is 53.1 Å². The Bertz CT molecular complexity index is 1170. The second kappa shape index (κ2) is 6.97. The minimum atomic E-state index is -0.00960. The molecule has 1 aliphatic rings. The van der Waals surface area contributed by atoms with E-state index in [1.807, 2.05) is 16.8 Å². The highest BCUT2D eigenvalue weighted by atomic mass is 16.5. The minimum Gasteiger partial charge on any atom is -0.365 e. The van der Waals surface area contributed by atoms with Gasteiger partial charge >= 0.3 is 0 Å². The molecule has 0 unspecified atom stereocenters. The van der Waals surface area contributed by atoms with Crippen molar-refractivity contribution in [1.29, 1.82) is 0 Å². The number of rotatable bonds is 3. The molecule has 0 aliphatic carbocycles. The van der Waals surface area contributed by atoms with Crippen LogP contribution in [0.3, 0.4) is 0 Å².